The number of nitrogens with one attached hydrogen (secondary N) is 3. The van der Waals surface area contributed by atoms with Gasteiger partial charge < -0.3 is 25.4 Å². The van der Waals surface area contributed by atoms with E-state index in [1.807, 2.05) is 20.8 Å². The van der Waals surface area contributed by atoms with Gasteiger partial charge in [-0.3, -0.25) is 14.4 Å². The van der Waals surface area contributed by atoms with Gasteiger partial charge in [-0.1, -0.05) is 13.8 Å². The fraction of sp³-hybridized carbons (Fsp3) is 0.348. The maximum absolute atomic E-state index is 12.8. The Labute approximate surface area is 182 Å². The summed E-state index contributed by atoms with van der Waals surface area (Å²) in [6.07, 6.45) is 0. The van der Waals surface area contributed by atoms with Crippen LogP contribution in [0.2, 0.25) is 0 Å². The summed E-state index contributed by atoms with van der Waals surface area (Å²) in [7, 11) is 1.55. The molecule has 0 fully saturated rings. The summed E-state index contributed by atoms with van der Waals surface area (Å²) < 4.78 is 10.5. The van der Waals surface area contributed by atoms with Crippen LogP contribution in [0.25, 0.3) is 0 Å². The molecule has 0 heterocycles. The number of rotatable bonds is 10. The van der Waals surface area contributed by atoms with Crippen molar-refractivity contribution in [2.24, 2.45) is 5.92 Å². The molecule has 1 unspecified atom stereocenters. The van der Waals surface area contributed by atoms with Crippen molar-refractivity contribution in [1.82, 2.24) is 10.6 Å². The van der Waals surface area contributed by atoms with E-state index >= 15 is 0 Å². The van der Waals surface area contributed by atoms with E-state index in [1.54, 1.807) is 55.6 Å². The third-order valence-electron chi connectivity index (χ3n) is 4.45. The quantitative estimate of drug-likeness (QED) is 0.541. The first kappa shape index (κ1) is 23.7. The van der Waals surface area contributed by atoms with Gasteiger partial charge in [0.1, 0.15) is 17.5 Å². The largest absolute Gasteiger partial charge is 0.497 e. The molecule has 31 heavy (non-hydrogen) atoms. The second-order valence-corrected chi connectivity index (χ2v) is 7.18. The zero-order valence-corrected chi connectivity index (χ0v) is 18.2. The zero-order valence-electron chi connectivity index (χ0n) is 18.2. The first-order valence-electron chi connectivity index (χ1n) is 10.1. The second kappa shape index (κ2) is 11.6. The number of ether oxygens (including phenoxy) is 2. The number of amides is 3. The molecule has 0 radical (unpaired) electrons. The molecule has 0 aromatic heterocycles. The van der Waals surface area contributed by atoms with Crippen LogP contribution in [0.1, 0.15) is 31.1 Å². The van der Waals surface area contributed by atoms with Crippen molar-refractivity contribution in [3.63, 3.8) is 0 Å². The van der Waals surface area contributed by atoms with E-state index in [9.17, 15) is 14.4 Å². The van der Waals surface area contributed by atoms with E-state index in [4.69, 9.17) is 9.47 Å². The van der Waals surface area contributed by atoms with Crippen molar-refractivity contribution in [3.05, 3.63) is 54.1 Å². The average molecular weight is 428 g/mol. The average Bonchev–Trinajstić information content (AvgIpc) is 2.76. The molecule has 3 N–H and O–H groups in total. The Hall–Kier alpha value is -3.55. The Morgan fingerprint density at radius 1 is 0.935 bits per heavy atom. The summed E-state index contributed by atoms with van der Waals surface area (Å²) in [5.74, 6) is 0.165. The minimum atomic E-state index is -0.719. The molecule has 3 amide bonds. The molecule has 0 aliphatic rings. The van der Waals surface area contributed by atoms with Crippen molar-refractivity contribution >= 4 is 23.4 Å². The summed E-state index contributed by atoms with van der Waals surface area (Å²) in [5, 5.41) is 8.24. The highest BCUT2D eigenvalue weighted by molar-refractivity contribution is 6.01. The Balaban J connectivity index is 1.96. The van der Waals surface area contributed by atoms with Crippen molar-refractivity contribution < 1.29 is 23.9 Å². The highest BCUT2D eigenvalue weighted by atomic mass is 16.5. The fourth-order valence-corrected chi connectivity index (χ4v) is 2.75. The van der Waals surface area contributed by atoms with Crippen LogP contribution in [-0.2, 0) is 9.59 Å². The Kier molecular flexibility index (Phi) is 8.87. The molecule has 166 valence electrons. The van der Waals surface area contributed by atoms with Gasteiger partial charge in [-0.05, 0) is 61.4 Å². The maximum Gasteiger partial charge on any atom is 0.257 e. The normalized spacial score (nSPS) is 11.4. The number of anilines is 1. The first-order valence-corrected chi connectivity index (χ1v) is 10.1. The van der Waals surface area contributed by atoms with Gasteiger partial charge in [0.25, 0.3) is 11.8 Å². The third kappa shape index (κ3) is 7.33. The van der Waals surface area contributed by atoms with Crippen LogP contribution in [0.15, 0.2) is 48.5 Å². The van der Waals surface area contributed by atoms with Gasteiger partial charge in [0.2, 0.25) is 5.91 Å². The Morgan fingerprint density at radius 3 is 2.10 bits per heavy atom. The predicted octanol–water partition coefficient (Wildman–Crippen LogP) is 2.60. The first-order chi connectivity index (χ1) is 14.8. The fourth-order valence-electron chi connectivity index (χ4n) is 2.75. The number of methoxy groups -OCH3 is 1. The smallest absolute Gasteiger partial charge is 0.257 e. The summed E-state index contributed by atoms with van der Waals surface area (Å²) in [6.45, 7) is 6.01. The van der Waals surface area contributed by atoms with Crippen LogP contribution < -0.4 is 25.4 Å². The summed E-state index contributed by atoms with van der Waals surface area (Å²) in [6, 6.07) is 12.6. The Bertz CT molecular complexity index is 879. The second-order valence-electron chi connectivity index (χ2n) is 7.18. The minimum Gasteiger partial charge on any atom is -0.497 e. The molecule has 0 bridgehead atoms. The van der Waals surface area contributed by atoms with Crippen LogP contribution in [0.4, 0.5) is 5.69 Å². The van der Waals surface area contributed by atoms with E-state index < -0.39 is 6.04 Å². The summed E-state index contributed by atoms with van der Waals surface area (Å²) in [4.78, 5) is 36.8. The predicted molar refractivity (Wildman–Crippen MR) is 118 cm³/mol. The van der Waals surface area contributed by atoms with Gasteiger partial charge in [0, 0.05) is 17.8 Å². The maximum atomic E-state index is 12.8. The zero-order chi connectivity index (χ0) is 22.8. The molecule has 0 spiro atoms. The lowest BCUT2D eigenvalue weighted by molar-refractivity contribution is -0.123. The van der Waals surface area contributed by atoms with E-state index in [-0.39, 0.29) is 30.2 Å². The highest BCUT2D eigenvalue weighted by Gasteiger charge is 2.25. The lowest BCUT2D eigenvalue weighted by Gasteiger charge is -2.22. The SMILES string of the molecule is CCNC(=O)COc1ccc(NC(=O)C(NC(=O)c2ccc(OC)cc2)C(C)C)cc1. The Morgan fingerprint density at radius 2 is 1.55 bits per heavy atom. The number of likely N-dealkylation sites (N-methyl/N-ethyl adjacent to an activating group) is 1. The van der Waals surface area contributed by atoms with Gasteiger partial charge in [-0.25, -0.2) is 0 Å². The molecular weight excluding hydrogens is 398 g/mol. The van der Waals surface area contributed by atoms with Crippen molar-refractivity contribution in [1.29, 1.82) is 0 Å². The molecule has 0 saturated carbocycles. The molecule has 0 aliphatic carbocycles. The van der Waals surface area contributed by atoms with Crippen LogP contribution in [0, 0.1) is 5.92 Å². The number of hydrogen-bond donors (Lipinski definition) is 3. The van der Waals surface area contributed by atoms with Crippen molar-refractivity contribution in [2.45, 2.75) is 26.8 Å². The van der Waals surface area contributed by atoms with Gasteiger partial charge in [-0.15, -0.1) is 0 Å². The van der Waals surface area contributed by atoms with Crippen molar-refractivity contribution in [2.75, 3.05) is 25.6 Å². The number of hydrogen-bond acceptors (Lipinski definition) is 5. The van der Waals surface area contributed by atoms with Crippen LogP contribution >= 0.6 is 0 Å². The van der Waals surface area contributed by atoms with Gasteiger partial charge in [0.15, 0.2) is 6.61 Å². The summed E-state index contributed by atoms with van der Waals surface area (Å²) in [5.41, 5.74) is 0.993. The molecule has 2 rings (SSSR count). The topological polar surface area (TPSA) is 106 Å². The highest BCUT2D eigenvalue weighted by Crippen LogP contribution is 2.17. The number of benzene rings is 2. The van der Waals surface area contributed by atoms with Gasteiger partial charge in [-0.2, -0.15) is 0 Å². The molecule has 0 saturated heterocycles. The molecule has 2 aromatic carbocycles. The summed E-state index contributed by atoms with van der Waals surface area (Å²) >= 11 is 0. The lowest BCUT2D eigenvalue weighted by Crippen LogP contribution is -2.47. The van der Waals surface area contributed by atoms with E-state index in [0.29, 0.717) is 29.3 Å². The standard InChI is InChI=1S/C23H29N3O5/c1-5-24-20(27)14-31-19-12-8-17(9-13-19)25-23(29)21(15(2)3)26-22(28)16-6-10-18(30-4)11-7-16/h6-13,15,21H,5,14H2,1-4H3,(H,24,27)(H,25,29)(H,26,28). The van der Waals surface area contributed by atoms with E-state index in [0.717, 1.165) is 0 Å². The number of carbonyl (C=O) groups excluding carboxylic acids is 3. The van der Waals surface area contributed by atoms with Gasteiger partial charge in [0.05, 0.1) is 7.11 Å². The van der Waals surface area contributed by atoms with E-state index in [1.165, 1.54) is 0 Å². The van der Waals surface area contributed by atoms with Crippen LogP contribution in [0.5, 0.6) is 11.5 Å². The minimum absolute atomic E-state index is 0.0770. The molecule has 2 aromatic rings. The monoisotopic (exact) mass is 427 g/mol. The molecule has 0 aliphatic heterocycles. The van der Waals surface area contributed by atoms with Crippen molar-refractivity contribution in [3.8, 4) is 11.5 Å². The molecule has 1 atom stereocenters. The van der Waals surface area contributed by atoms with Gasteiger partial charge >= 0.3 is 0 Å². The van der Waals surface area contributed by atoms with E-state index in [2.05, 4.69) is 16.0 Å². The van der Waals surface area contributed by atoms with Crippen LogP contribution in [-0.4, -0.2) is 44.0 Å². The third-order valence-corrected chi connectivity index (χ3v) is 4.45. The molecular formula is C23H29N3O5. The number of carbonyl (C=O) groups is 3. The molecule has 8 heteroatoms. The van der Waals surface area contributed by atoms with Crippen LogP contribution in [0.3, 0.4) is 0 Å². The molecule has 8 nitrogen and oxygen atoms in total. The lowest BCUT2D eigenvalue weighted by atomic mass is 10.0.